The monoisotopic (exact) mass is 360 g/mol. The molecule has 1 amide bonds. The van der Waals surface area contributed by atoms with Gasteiger partial charge in [-0.25, -0.2) is 4.79 Å². The van der Waals surface area contributed by atoms with Gasteiger partial charge in [-0.3, -0.25) is 19.6 Å². The third kappa shape index (κ3) is 4.57. The van der Waals surface area contributed by atoms with E-state index < -0.39 is 11.2 Å². The van der Waals surface area contributed by atoms with Crippen LogP contribution in [0.15, 0.2) is 34.1 Å². The lowest BCUT2D eigenvalue weighted by molar-refractivity contribution is -0.123. The lowest BCUT2D eigenvalue weighted by atomic mass is 10.1. The zero-order valence-corrected chi connectivity index (χ0v) is 14.3. The van der Waals surface area contributed by atoms with Crippen LogP contribution in [0.1, 0.15) is 17.7 Å². The first kappa shape index (κ1) is 17.9. The molecule has 0 bridgehead atoms. The molecule has 0 saturated carbocycles. The Labute approximate surface area is 148 Å². The van der Waals surface area contributed by atoms with Gasteiger partial charge in [0.15, 0.2) is 0 Å². The van der Waals surface area contributed by atoms with Gasteiger partial charge >= 0.3 is 5.69 Å². The van der Waals surface area contributed by atoms with E-state index in [0.29, 0.717) is 25.4 Å². The molecule has 9 nitrogen and oxygen atoms in total. The maximum absolute atomic E-state index is 12.3. The van der Waals surface area contributed by atoms with Crippen molar-refractivity contribution in [1.29, 1.82) is 0 Å². The molecule has 0 aliphatic carbocycles. The van der Waals surface area contributed by atoms with Crippen LogP contribution in [-0.4, -0.2) is 46.2 Å². The number of aromatic nitrogens is 3. The van der Waals surface area contributed by atoms with Crippen LogP contribution < -0.4 is 21.3 Å². The van der Waals surface area contributed by atoms with E-state index in [1.165, 1.54) is 6.20 Å². The summed E-state index contributed by atoms with van der Waals surface area (Å²) in [6.07, 6.45) is 2.98. The van der Waals surface area contributed by atoms with Gasteiger partial charge in [0.05, 0.1) is 25.3 Å². The summed E-state index contributed by atoms with van der Waals surface area (Å²) >= 11 is 0. The highest BCUT2D eigenvalue weighted by molar-refractivity contribution is 5.78. The molecule has 3 N–H and O–H groups in total. The van der Waals surface area contributed by atoms with E-state index in [1.54, 1.807) is 6.20 Å². The largest absolute Gasteiger partial charge is 0.484 e. The van der Waals surface area contributed by atoms with E-state index in [2.05, 4.69) is 20.3 Å². The zero-order chi connectivity index (χ0) is 18.5. The average molecular weight is 360 g/mol. The molecule has 138 valence electrons. The van der Waals surface area contributed by atoms with E-state index in [1.807, 2.05) is 19.1 Å². The molecule has 3 rings (SSSR count). The number of carbonyl (C=O) groups is 1. The number of rotatable bonds is 5. The Morgan fingerprint density at radius 3 is 3.00 bits per heavy atom. The van der Waals surface area contributed by atoms with Crippen molar-refractivity contribution in [2.24, 2.45) is 0 Å². The molecule has 0 aromatic carbocycles. The predicted octanol–water partition coefficient (Wildman–Crippen LogP) is -0.338. The summed E-state index contributed by atoms with van der Waals surface area (Å²) < 4.78 is 11.3. The lowest BCUT2D eigenvalue weighted by Gasteiger charge is -2.32. The molecule has 2 aromatic rings. The minimum absolute atomic E-state index is 0.137. The number of carbonyl (C=O) groups excluding carboxylic acids is 1. The van der Waals surface area contributed by atoms with E-state index in [9.17, 15) is 14.4 Å². The summed E-state index contributed by atoms with van der Waals surface area (Å²) in [5, 5.41) is 2.88. The molecular formula is C17H20N4O5. The highest BCUT2D eigenvalue weighted by atomic mass is 16.5. The van der Waals surface area contributed by atoms with Gasteiger partial charge in [-0.2, -0.15) is 0 Å². The number of aromatic amines is 2. The fraction of sp³-hybridized carbons (Fsp3) is 0.412. The molecule has 26 heavy (non-hydrogen) atoms. The summed E-state index contributed by atoms with van der Waals surface area (Å²) in [5.41, 5.74) is -0.110. The van der Waals surface area contributed by atoms with Crippen LogP contribution >= 0.6 is 0 Å². The van der Waals surface area contributed by atoms with E-state index in [-0.39, 0.29) is 30.0 Å². The molecule has 0 unspecified atom stereocenters. The summed E-state index contributed by atoms with van der Waals surface area (Å²) in [4.78, 5) is 43.7. The van der Waals surface area contributed by atoms with Crippen LogP contribution in [0.3, 0.4) is 0 Å². The molecular weight excluding hydrogens is 340 g/mol. The molecule has 9 heteroatoms. The standard InChI is InChI=1S/C17H20N4O5/c1-10-2-3-12(8-18-10)26-14-9-25-5-4-13(14)20-15(22)6-11-7-19-17(24)21-16(11)23/h2-3,7-8,13-14H,4-6,9H2,1H3,(H,20,22)(H2,19,21,23,24)/t13-,14+/m0/s1. The Morgan fingerprint density at radius 1 is 1.42 bits per heavy atom. The van der Waals surface area contributed by atoms with Crippen molar-refractivity contribution >= 4 is 5.91 Å². The molecule has 1 aliphatic rings. The molecule has 1 fully saturated rings. The zero-order valence-electron chi connectivity index (χ0n) is 14.3. The summed E-state index contributed by atoms with van der Waals surface area (Å²) in [6.45, 7) is 2.74. The molecule has 0 radical (unpaired) electrons. The number of H-pyrrole nitrogens is 2. The summed E-state index contributed by atoms with van der Waals surface area (Å²) in [6, 6.07) is 3.41. The second-order valence-electron chi connectivity index (χ2n) is 6.10. The molecule has 1 aliphatic heterocycles. The fourth-order valence-electron chi connectivity index (χ4n) is 2.69. The SMILES string of the molecule is Cc1ccc(O[C@@H]2COCC[C@@H]2NC(=O)Cc2c[nH]c(=O)[nH]c2=O)cn1. The Bertz CT molecular complexity index is 874. The van der Waals surface area contributed by atoms with Gasteiger partial charge in [-0.15, -0.1) is 0 Å². The van der Waals surface area contributed by atoms with Crippen LogP contribution in [0.5, 0.6) is 5.75 Å². The van der Waals surface area contributed by atoms with Crippen molar-refractivity contribution in [3.8, 4) is 5.75 Å². The molecule has 0 spiro atoms. The van der Waals surface area contributed by atoms with Crippen LogP contribution in [0, 0.1) is 6.92 Å². The normalized spacial score (nSPS) is 19.7. The number of nitrogens with one attached hydrogen (secondary N) is 3. The van der Waals surface area contributed by atoms with Crippen LogP contribution in [-0.2, 0) is 16.0 Å². The van der Waals surface area contributed by atoms with Crippen molar-refractivity contribution in [2.75, 3.05) is 13.2 Å². The van der Waals surface area contributed by atoms with Gasteiger partial charge in [0.1, 0.15) is 11.9 Å². The quantitative estimate of drug-likeness (QED) is 0.670. The second kappa shape index (κ2) is 7.96. The number of aryl methyl sites for hydroxylation is 1. The number of hydrogen-bond acceptors (Lipinski definition) is 6. The van der Waals surface area contributed by atoms with Crippen molar-refractivity contribution in [3.63, 3.8) is 0 Å². The van der Waals surface area contributed by atoms with E-state index in [4.69, 9.17) is 9.47 Å². The number of nitrogens with zero attached hydrogens (tertiary/aromatic N) is 1. The number of hydrogen-bond donors (Lipinski definition) is 3. The van der Waals surface area contributed by atoms with Gasteiger partial charge in [-0.1, -0.05) is 0 Å². The number of ether oxygens (including phenoxy) is 2. The van der Waals surface area contributed by atoms with Crippen molar-refractivity contribution in [2.45, 2.75) is 31.9 Å². The lowest BCUT2D eigenvalue weighted by Crippen LogP contribution is -2.52. The van der Waals surface area contributed by atoms with Gasteiger partial charge in [0.25, 0.3) is 5.56 Å². The minimum atomic E-state index is -0.608. The maximum Gasteiger partial charge on any atom is 0.325 e. The summed E-state index contributed by atoms with van der Waals surface area (Å²) in [5.74, 6) is 0.271. The van der Waals surface area contributed by atoms with Crippen LogP contribution in [0.2, 0.25) is 0 Å². The van der Waals surface area contributed by atoms with Crippen LogP contribution in [0.4, 0.5) is 0 Å². The van der Waals surface area contributed by atoms with Crippen molar-refractivity contribution < 1.29 is 14.3 Å². The van der Waals surface area contributed by atoms with Crippen LogP contribution in [0.25, 0.3) is 0 Å². The minimum Gasteiger partial charge on any atom is -0.484 e. The molecule has 2 atom stereocenters. The Balaban J connectivity index is 1.63. The number of amides is 1. The molecule has 2 aromatic heterocycles. The third-order valence-electron chi connectivity index (χ3n) is 4.07. The van der Waals surface area contributed by atoms with E-state index >= 15 is 0 Å². The first-order chi connectivity index (χ1) is 12.5. The highest BCUT2D eigenvalue weighted by Gasteiger charge is 2.29. The van der Waals surface area contributed by atoms with Gasteiger partial charge in [0, 0.05) is 24.1 Å². The highest BCUT2D eigenvalue weighted by Crippen LogP contribution is 2.17. The Hall–Kier alpha value is -2.94. The van der Waals surface area contributed by atoms with Gasteiger partial charge < -0.3 is 19.8 Å². The van der Waals surface area contributed by atoms with Gasteiger partial charge in [-0.05, 0) is 25.5 Å². The Kier molecular flexibility index (Phi) is 5.47. The predicted molar refractivity (Wildman–Crippen MR) is 92.1 cm³/mol. The van der Waals surface area contributed by atoms with E-state index in [0.717, 1.165) is 5.69 Å². The maximum atomic E-state index is 12.3. The molecule has 1 saturated heterocycles. The topological polar surface area (TPSA) is 126 Å². The number of pyridine rings is 1. The smallest absolute Gasteiger partial charge is 0.325 e. The van der Waals surface area contributed by atoms with Crippen molar-refractivity contribution in [1.82, 2.24) is 20.3 Å². The summed E-state index contributed by atoms with van der Waals surface area (Å²) in [7, 11) is 0. The fourth-order valence-corrected chi connectivity index (χ4v) is 2.69. The third-order valence-corrected chi connectivity index (χ3v) is 4.07. The first-order valence-electron chi connectivity index (χ1n) is 8.28. The molecule has 3 heterocycles. The van der Waals surface area contributed by atoms with Gasteiger partial charge in [0.2, 0.25) is 5.91 Å². The second-order valence-corrected chi connectivity index (χ2v) is 6.10. The first-order valence-corrected chi connectivity index (χ1v) is 8.28. The van der Waals surface area contributed by atoms with Crippen molar-refractivity contribution in [3.05, 3.63) is 56.6 Å². The Morgan fingerprint density at radius 2 is 2.27 bits per heavy atom. The average Bonchev–Trinajstić information content (AvgIpc) is 2.61.